The SMILES string of the molecule is CCOC(=O)CN(C1CC1)S(=O)(=O)c1cc(C)sc1C. The van der Waals surface area contributed by atoms with Crippen LogP contribution in [-0.2, 0) is 19.6 Å². The topological polar surface area (TPSA) is 63.7 Å². The van der Waals surface area contributed by atoms with E-state index >= 15 is 0 Å². The van der Waals surface area contributed by atoms with E-state index in [2.05, 4.69) is 0 Å². The first-order valence-corrected chi connectivity index (χ1v) is 8.86. The summed E-state index contributed by atoms with van der Waals surface area (Å²) in [6.07, 6.45) is 1.61. The fourth-order valence-corrected chi connectivity index (χ4v) is 5.25. The zero-order chi connectivity index (χ0) is 14.9. The highest BCUT2D eigenvalue weighted by atomic mass is 32.2. The smallest absolute Gasteiger partial charge is 0.321 e. The van der Waals surface area contributed by atoms with Crippen molar-refractivity contribution < 1.29 is 17.9 Å². The number of nitrogens with zero attached hydrogens (tertiary/aromatic N) is 1. The third-order valence-electron chi connectivity index (χ3n) is 3.13. The van der Waals surface area contributed by atoms with Crippen molar-refractivity contribution in [3.8, 4) is 0 Å². The highest BCUT2D eigenvalue weighted by Crippen LogP contribution is 2.35. The lowest BCUT2D eigenvalue weighted by Crippen LogP contribution is -2.38. The van der Waals surface area contributed by atoms with E-state index in [9.17, 15) is 13.2 Å². The summed E-state index contributed by atoms with van der Waals surface area (Å²) in [5.74, 6) is -0.493. The summed E-state index contributed by atoms with van der Waals surface area (Å²) in [7, 11) is -3.62. The van der Waals surface area contributed by atoms with Crippen molar-refractivity contribution in [1.82, 2.24) is 4.31 Å². The summed E-state index contributed by atoms with van der Waals surface area (Å²) in [6, 6.07) is 1.61. The van der Waals surface area contributed by atoms with Gasteiger partial charge in [-0.1, -0.05) is 0 Å². The lowest BCUT2D eigenvalue weighted by atomic mass is 10.4. The van der Waals surface area contributed by atoms with Crippen LogP contribution in [0.25, 0.3) is 0 Å². The number of carbonyl (C=O) groups excluding carboxylic acids is 1. The first kappa shape index (κ1) is 15.5. The molecule has 1 aliphatic carbocycles. The van der Waals surface area contributed by atoms with Gasteiger partial charge in [-0.25, -0.2) is 8.42 Å². The molecule has 7 heteroatoms. The summed E-state index contributed by atoms with van der Waals surface area (Å²) < 4.78 is 31.6. The van der Waals surface area contributed by atoms with Gasteiger partial charge in [-0.15, -0.1) is 11.3 Å². The Morgan fingerprint density at radius 1 is 1.45 bits per heavy atom. The molecule has 0 amide bonds. The Morgan fingerprint density at radius 2 is 2.10 bits per heavy atom. The normalized spacial score (nSPS) is 15.6. The van der Waals surface area contributed by atoms with Crippen molar-refractivity contribution in [3.63, 3.8) is 0 Å². The largest absolute Gasteiger partial charge is 0.465 e. The first-order valence-electron chi connectivity index (χ1n) is 6.60. The molecule has 1 heterocycles. The maximum Gasteiger partial charge on any atom is 0.321 e. The standard InChI is InChI=1S/C13H19NO4S2/c1-4-18-13(15)8-14(11-5-6-11)20(16,17)12-7-9(2)19-10(12)3/h7,11H,4-6,8H2,1-3H3. The Kier molecular flexibility index (Phi) is 4.51. The average molecular weight is 317 g/mol. The third-order valence-corrected chi connectivity index (χ3v) is 6.25. The fourth-order valence-electron chi connectivity index (χ4n) is 2.10. The van der Waals surface area contributed by atoms with Crippen LogP contribution in [-0.4, -0.2) is 37.9 Å². The van der Waals surface area contributed by atoms with Crippen LogP contribution < -0.4 is 0 Å². The third kappa shape index (κ3) is 3.21. The fraction of sp³-hybridized carbons (Fsp3) is 0.615. The van der Waals surface area contributed by atoms with Crippen LogP contribution in [0.1, 0.15) is 29.5 Å². The monoisotopic (exact) mass is 317 g/mol. The molecule has 0 N–H and O–H groups in total. The molecule has 0 unspecified atom stereocenters. The lowest BCUT2D eigenvalue weighted by molar-refractivity contribution is -0.143. The molecule has 1 aromatic heterocycles. The molecule has 20 heavy (non-hydrogen) atoms. The van der Waals surface area contributed by atoms with Crippen LogP contribution in [0.15, 0.2) is 11.0 Å². The highest BCUT2D eigenvalue weighted by Gasteiger charge is 2.40. The van der Waals surface area contributed by atoms with Crippen LogP contribution >= 0.6 is 11.3 Å². The van der Waals surface area contributed by atoms with Gasteiger partial charge in [-0.2, -0.15) is 4.31 Å². The zero-order valence-corrected chi connectivity index (χ0v) is 13.5. The maximum absolute atomic E-state index is 12.7. The first-order chi connectivity index (χ1) is 9.36. The minimum absolute atomic E-state index is 0.0657. The van der Waals surface area contributed by atoms with Crippen molar-refractivity contribution in [2.45, 2.75) is 44.6 Å². The van der Waals surface area contributed by atoms with Gasteiger partial charge >= 0.3 is 5.97 Å². The van der Waals surface area contributed by atoms with E-state index in [1.807, 2.05) is 6.92 Å². The van der Waals surface area contributed by atoms with Gasteiger partial charge in [-0.05, 0) is 39.7 Å². The molecule has 0 atom stereocenters. The van der Waals surface area contributed by atoms with Gasteiger partial charge in [0.15, 0.2) is 0 Å². The lowest BCUT2D eigenvalue weighted by Gasteiger charge is -2.20. The number of hydrogen-bond acceptors (Lipinski definition) is 5. The molecule has 0 spiro atoms. The number of sulfonamides is 1. The van der Waals surface area contributed by atoms with Crippen LogP contribution in [0.2, 0.25) is 0 Å². The molecule has 1 aliphatic rings. The van der Waals surface area contributed by atoms with Gasteiger partial charge in [0.25, 0.3) is 0 Å². The molecule has 0 aliphatic heterocycles. The molecule has 1 fully saturated rings. The van der Waals surface area contributed by atoms with E-state index in [1.165, 1.54) is 15.6 Å². The Balaban J connectivity index is 2.28. The number of carbonyl (C=O) groups is 1. The van der Waals surface area contributed by atoms with E-state index < -0.39 is 16.0 Å². The molecular weight excluding hydrogens is 298 g/mol. The number of thiophene rings is 1. The van der Waals surface area contributed by atoms with E-state index in [1.54, 1.807) is 19.9 Å². The molecule has 112 valence electrons. The van der Waals surface area contributed by atoms with E-state index in [4.69, 9.17) is 4.74 Å². The second-order valence-electron chi connectivity index (χ2n) is 4.86. The summed E-state index contributed by atoms with van der Waals surface area (Å²) >= 11 is 1.45. The quantitative estimate of drug-likeness (QED) is 0.754. The van der Waals surface area contributed by atoms with Crippen LogP contribution in [0.3, 0.4) is 0 Å². The number of ether oxygens (including phenoxy) is 1. The Bertz CT molecular complexity index is 602. The predicted octanol–water partition coefficient (Wildman–Crippen LogP) is 2.08. The maximum atomic E-state index is 12.7. The number of rotatable bonds is 6. The van der Waals surface area contributed by atoms with Crippen molar-refractivity contribution in [2.24, 2.45) is 0 Å². The van der Waals surface area contributed by atoms with Crippen molar-refractivity contribution in [1.29, 1.82) is 0 Å². The van der Waals surface area contributed by atoms with Gasteiger partial charge in [0, 0.05) is 15.8 Å². The molecule has 1 saturated carbocycles. The summed E-state index contributed by atoms with van der Waals surface area (Å²) in [6.45, 7) is 5.44. The number of hydrogen-bond donors (Lipinski definition) is 0. The van der Waals surface area contributed by atoms with Crippen LogP contribution in [0.5, 0.6) is 0 Å². The zero-order valence-electron chi connectivity index (χ0n) is 11.9. The van der Waals surface area contributed by atoms with E-state index in [0.717, 1.165) is 22.6 Å². The number of aryl methyl sites for hydroxylation is 2. The van der Waals surface area contributed by atoms with E-state index in [-0.39, 0.29) is 19.2 Å². The van der Waals surface area contributed by atoms with E-state index in [0.29, 0.717) is 4.90 Å². The van der Waals surface area contributed by atoms with Crippen molar-refractivity contribution in [2.75, 3.05) is 13.2 Å². The molecular formula is C13H19NO4S2. The summed E-state index contributed by atoms with van der Waals surface area (Å²) in [4.78, 5) is 13.7. The van der Waals surface area contributed by atoms with Gasteiger partial charge < -0.3 is 4.74 Å². The summed E-state index contributed by atoms with van der Waals surface area (Å²) in [5, 5.41) is 0. The Hall–Kier alpha value is -0.920. The minimum Gasteiger partial charge on any atom is -0.465 e. The highest BCUT2D eigenvalue weighted by molar-refractivity contribution is 7.89. The Morgan fingerprint density at radius 3 is 2.55 bits per heavy atom. The van der Waals surface area contributed by atoms with Gasteiger partial charge in [0.05, 0.1) is 11.5 Å². The van der Waals surface area contributed by atoms with Crippen molar-refractivity contribution in [3.05, 3.63) is 15.8 Å². The van der Waals surface area contributed by atoms with Gasteiger partial charge in [-0.3, -0.25) is 4.79 Å². The molecule has 0 bridgehead atoms. The second kappa shape index (κ2) is 5.83. The summed E-state index contributed by atoms with van der Waals surface area (Å²) in [5.41, 5.74) is 0. The van der Waals surface area contributed by atoms with Crippen LogP contribution in [0, 0.1) is 13.8 Å². The minimum atomic E-state index is -3.62. The average Bonchev–Trinajstić information content (AvgIpc) is 3.11. The van der Waals surface area contributed by atoms with Gasteiger partial charge in [0.2, 0.25) is 10.0 Å². The Labute approximate surface area is 123 Å². The second-order valence-corrected chi connectivity index (χ2v) is 8.18. The molecule has 0 aromatic carbocycles. The van der Waals surface area contributed by atoms with Crippen molar-refractivity contribution >= 4 is 27.3 Å². The predicted molar refractivity (Wildman–Crippen MR) is 77.3 cm³/mol. The number of esters is 1. The molecule has 5 nitrogen and oxygen atoms in total. The molecule has 1 aromatic rings. The molecule has 0 radical (unpaired) electrons. The van der Waals surface area contributed by atoms with Crippen LogP contribution in [0.4, 0.5) is 0 Å². The van der Waals surface area contributed by atoms with Gasteiger partial charge in [0.1, 0.15) is 6.54 Å². The molecule has 2 rings (SSSR count). The molecule has 0 saturated heterocycles.